The number of aliphatic hydroxyl groups excluding tert-OH is 1. The molecule has 1 atom stereocenters. The Morgan fingerprint density at radius 3 is 2.07 bits per heavy atom. The van der Waals surface area contributed by atoms with Crippen LogP contribution in [0, 0.1) is 11.8 Å². The summed E-state index contributed by atoms with van der Waals surface area (Å²) in [6.45, 7) is 0.831. The first-order valence-corrected chi connectivity index (χ1v) is 9.28. The molecule has 8 heteroatoms. The van der Waals surface area contributed by atoms with Gasteiger partial charge < -0.3 is 9.84 Å². The van der Waals surface area contributed by atoms with Crippen LogP contribution in [0.3, 0.4) is 0 Å². The summed E-state index contributed by atoms with van der Waals surface area (Å²) >= 11 is 0.545. The molecular formula is C21H17F5O2S. The summed E-state index contributed by atoms with van der Waals surface area (Å²) in [7, 11) is 0. The van der Waals surface area contributed by atoms with Crippen molar-refractivity contribution in [1.82, 2.24) is 0 Å². The number of ether oxygens (including phenoxy) is 1. The van der Waals surface area contributed by atoms with E-state index >= 15 is 0 Å². The summed E-state index contributed by atoms with van der Waals surface area (Å²) < 4.78 is 72.1. The van der Waals surface area contributed by atoms with Crippen LogP contribution in [0.1, 0.15) is 12.5 Å². The van der Waals surface area contributed by atoms with Gasteiger partial charge in [0.15, 0.2) is 5.76 Å². The third kappa shape index (κ3) is 5.99. The van der Waals surface area contributed by atoms with Crippen molar-refractivity contribution in [3.8, 4) is 11.8 Å². The Morgan fingerprint density at radius 2 is 1.55 bits per heavy atom. The van der Waals surface area contributed by atoms with Gasteiger partial charge in [0.2, 0.25) is 0 Å². The van der Waals surface area contributed by atoms with Crippen LogP contribution in [0.15, 0.2) is 76.2 Å². The van der Waals surface area contributed by atoms with Gasteiger partial charge in [-0.05, 0) is 31.2 Å². The van der Waals surface area contributed by atoms with Gasteiger partial charge in [-0.1, -0.05) is 60.0 Å². The highest BCUT2D eigenvalue weighted by Crippen LogP contribution is 2.46. The maximum absolute atomic E-state index is 14.2. The minimum Gasteiger partial charge on any atom is -0.491 e. The molecule has 0 bridgehead atoms. The van der Waals surface area contributed by atoms with Crippen LogP contribution in [-0.4, -0.2) is 29.9 Å². The minimum atomic E-state index is -5.90. The molecule has 0 radical (unpaired) electrons. The van der Waals surface area contributed by atoms with Gasteiger partial charge >= 0.3 is 12.1 Å². The van der Waals surface area contributed by atoms with E-state index in [4.69, 9.17) is 4.74 Å². The molecule has 2 rings (SSSR count). The minimum absolute atomic E-state index is 0.346. The van der Waals surface area contributed by atoms with E-state index in [2.05, 4.69) is 11.8 Å². The van der Waals surface area contributed by atoms with Gasteiger partial charge in [-0.15, -0.1) is 0 Å². The fraction of sp³-hybridized carbons (Fsp3) is 0.238. The first kappa shape index (κ1) is 22.8. The average molecular weight is 428 g/mol. The van der Waals surface area contributed by atoms with Crippen LogP contribution in [0.25, 0.3) is 0 Å². The predicted octanol–water partition coefficient (Wildman–Crippen LogP) is 5.64. The van der Waals surface area contributed by atoms with Gasteiger partial charge in [0, 0.05) is 10.5 Å². The van der Waals surface area contributed by atoms with Crippen molar-refractivity contribution < 1.29 is 31.8 Å². The summed E-state index contributed by atoms with van der Waals surface area (Å²) in [6.07, 6.45) is -7.82. The summed E-state index contributed by atoms with van der Waals surface area (Å²) in [5, 5.41) is 10.4. The first-order chi connectivity index (χ1) is 13.7. The Balaban J connectivity index is 2.57. The summed E-state index contributed by atoms with van der Waals surface area (Å²) in [6, 6.07) is 16.2. The number of hydrogen-bond donors (Lipinski definition) is 1. The van der Waals surface area contributed by atoms with Crippen LogP contribution in [0.5, 0.6) is 0 Å². The lowest BCUT2D eigenvalue weighted by Crippen LogP contribution is -2.40. The Hall–Kier alpha value is -2.50. The van der Waals surface area contributed by atoms with E-state index in [1.54, 1.807) is 48.5 Å². The SMILES string of the molecule is CCO/C(=C(/Sc1ccccc1)C(O)C#Cc1ccccc1)C(F)(F)C(F)(F)F. The van der Waals surface area contributed by atoms with Gasteiger partial charge in [-0.25, -0.2) is 0 Å². The van der Waals surface area contributed by atoms with Gasteiger partial charge in [-0.2, -0.15) is 22.0 Å². The van der Waals surface area contributed by atoms with Crippen LogP contribution in [-0.2, 0) is 4.74 Å². The average Bonchev–Trinajstić information content (AvgIpc) is 2.69. The molecule has 2 nitrogen and oxygen atoms in total. The lowest BCUT2D eigenvalue weighted by atomic mass is 10.1. The molecule has 0 aromatic heterocycles. The molecule has 0 aliphatic carbocycles. The molecule has 0 saturated heterocycles. The van der Waals surface area contributed by atoms with Gasteiger partial charge in [-0.3, -0.25) is 0 Å². The van der Waals surface area contributed by atoms with Crippen LogP contribution in [0.2, 0.25) is 0 Å². The molecule has 0 fully saturated rings. The van der Waals surface area contributed by atoms with Crippen LogP contribution < -0.4 is 0 Å². The fourth-order valence-corrected chi connectivity index (χ4v) is 3.17. The Morgan fingerprint density at radius 1 is 1.00 bits per heavy atom. The molecule has 0 amide bonds. The normalized spacial score (nSPS) is 13.8. The Bertz CT molecular complexity index is 884. The van der Waals surface area contributed by atoms with E-state index in [0.29, 0.717) is 22.2 Å². The predicted molar refractivity (Wildman–Crippen MR) is 101 cm³/mol. The Labute approximate surface area is 169 Å². The van der Waals surface area contributed by atoms with E-state index in [9.17, 15) is 27.1 Å². The van der Waals surface area contributed by atoms with Crippen molar-refractivity contribution in [2.24, 2.45) is 0 Å². The number of alkyl halides is 5. The van der Waals surface area contributed by atoms with E-state index in [0.717, 1.165) is 0 Å². The molecule has 29 heavy (non-hydrogen) atoms. The number of rotatable bonds is 6. The van der Waals surface area contributed by atoms with Crippen molar-refractivity contribution in [2.75, 3.05) is 6.61 Å². The molecule has 1 unspecified atom stereocenters. The smallest absolute Gasteiger partial charge is 0.461 e. The summed E-state index contributed by atoms with van der Waals surface area (Å²) in [4.78, 5) is -0.373. The highest BCUT2D eigenvalue weighted by atomic mass is 32.2. The highest BCUT2D eigenvalue weighted by molar-refractivity contribution is 8.03. The zero-order valence-corrected chi connectivity index (χ0v) is 16.0. The zero-order valence-electron chi connectivity index (χ0n) is 15.2. The summed E-state index contributed by atoms with van der Waals surface area (Å²) in [5.41, 5.74) is 0.469. The Kier molecular flexibility index (Phi) is 7.71. The lowest BCUT2D eigenvalue weighted by Gasteiger charge is -2.25. The third-order valence-corrected chi connectivity index (χ3v) is 4.64. The van der Waals surface area contributed by atoms with Gasteiger partial charge in [0.05, 0.1) is 11.5 Å². The standard InChI is InChI=1S/C21H17F5O2S/c1-2-28-19(20(22,23)21(24,25)26)18(29-16-11-7-4-8-12-16)17(27)14-13-15-9-5-3-6-10-15/h3-12,17,27H,2H2,1H3/b19-18+. The molecule has 154 valence electrons. The third-order valence-electron chi connectivity index (χ3n) is 3.50. The van der Waals surface area contributed by atoms with Crippen LogP contribution >= 0.6 is 11.8 Å². The second kappa shape index (κ2) is 9.81. The second-order valence-electron chi connectivity index (χ2n) is 5.65. The monoisotopic (exact) mass is 428 g/mol. The maximum atomic E-state index is 14.2. The van der Waals surface area contributed by atoms with Gasteiger partial charge in [0.1, 0.15) is 6.10 Å². The van der Waals surface area contributed by atoms with Crippen molar-refractivity contribution >= 4 is 11.8 Å². The van der Waals surface area contributed by atoms with Crippen molar-refractivity contribution in [3.05, 3.63) is 76.9 Å². The maximum Gasteiger partial charge on any atom is 0.461 e. The van der Waals surface area contributed by atoms with Gasteiger partial charge in [0.25, 0.3) is 0 Å². The number of hydrogen-bond acceptors (Lipinski definition) is 3. The number of halogens is 5. The van der Waals surface area contributed by atoms with E-state index in [1.165, 1.54) is 19.1 Å². The quantitative estimate of drug-likeness (QED) is 0.280. The second-order valence-corrected chi connectivity index (χ2v) is 6.77. The molecule has 2 aromatic rings. The molecule has 0 spiro atoms. The molecule has 1 N–H and O–H groups in total. The van der Waals surface area contributed by atoms with Crippen molar-refractivity contribution in [2.45, 2.75) is 30.0 Å². The lowest BCUT2D eigenvalue weighted by molar-refractivity contribution is -0.277. The zero-order chi connectivity index (χ0) is 21.5. The first-order valence-electron chi connectivity index (χ1n) is 8.46. The van der Waals surface area contributed by atoms with E-state index < -0.39 is 35.5 Å². The number of benzene rings is 2. The largest absolute Gasteiger partial charge is 0.491 e. The number of allylic oxidation sites excluding steroid dienone is 1. The molecule has 2 aromatic carbocycles. The fourth-order valence-electron chi connectivity index (χ4n) is 2.17. The molecule has 0 aliphatic rings. The van der Waals surface area contributed by atoms with Crippen molar-refractivity contribution in [3.63, 3.8) is 0 Å². The molecule has 0 saturated carbocycles. The molecular weight excluding hydrogens is 411 g/mol. The topological polar surface area (TPSA) is 29.5 Å². The van der Waals surface area contributed by atoms with E-state index in [-0.39, 0.29) is 0 Å². The summed E-state index contributed by atoms with van der Waals surface area (Å²) in [5.74, 6) is -2.06. The number of thioether (sulfide) groups is 1. The highest BCUT2D eigenvalue weighted by Gasteiger charge is 2.62. The number of aliphatic hydroxyl groups is 1. The van der Waals surface area contributed by atoms with Crippen molar-refractivity contribution in [1.29, 1.82) is 0 Å². The molecule has 0 aliphatic heterocycles. The molecule has 0 heterocycles. The van der Waals surface area contributed by atoms with Crippen LogP contribution in [0.4, 0.5) is 22.0 Å². The van der Waals surface area contributed by atoms with E-state index in [1.807, 2.05) is 0 Å².